The van der Waals surface area contributed by atoms with Gasteiger partial charge in [0.25, 0.3) is 23.6 Å². The molecule has 260 valence electrons. The molecular weight excluding hydrogens is 650 g/mol. The highest BCUT2D eigenvalue weighted by atomic mass is 35.5. The van der Waals surface area contributed by atoms with E-state index in [4.69, 9.17) is 23.1 Å². The molecule has 16 heteroatoms. The van der Waals surface area contributed by atoms with Crippen LogP contribution in [0.2, 0.25) is 0 Å². The third-order valence-corrected chi connectivity index (χ3v) is 7.89. The lowest BCUT2D eigenvalue weighted by molar-refractivity contribution is 0.0943. The maximum absolute atomic E-state index is 13.6. The molecule has 0 atom stereocenters. The average Bonchev–Trinajstić information content (AvgIpc) is 3.74. The standard InChI is InChI=1S/C33H42ClN11O4/c1-6-21-7-8-22(13-20(21)2)32(49)45(39-10-9-34)25-16-28(44(5)19-25)31(48)41-24-15-27(43(4)18-24)30(47)40-23-14-26(42(3)17-23)29(46)37-11-12-38-33(35)36/h7-8,13-19,39H,6,9-12H2,1-5H3,(H,37,46)(H,40,47)(H,41,48)(H4,35,36,38). The first-order valence-corrected chi connectivity index (χ1v) is 16.0. The molecular formula is C33H42ClN11O4. The van der Waals surface area contributed by atoms with Crippen molar-refractivity contribution in [1.29, 1.82) is 0 Å². The lowest BCUT2D eigenvalue weighted by atomic mass is 10.0. The highest BCUT2D eigenvalue weighted by Crippen LogP contribution is 2.23. The van der Waals surface area contributed by atoms with Crippen molar-refractivity contribution in [2.24, 2.45) is 37.6 Å². The molecule has 0 saturated carbocycles. The van der Waals surface area contributed by atoms with Gasteiger partial charge in [-0.05, 0) is 54.8 Å². The molecule has 8 N–H and O–H groups in total. The molecule has 4 aromatic rings. The second kappa shape index (κ2) is 16.0. The van der Waals surface area contributed by atoms with E-state index in [0.29, 0.717) is 34.9 Å². The Balaban J connectivity index is 1.45. The summed E-state index contributed by atoms with van der Waals surface area (Å²) in [7, 11) is 5.05. The number of amides is 4. The molecule has 4 rings (SSSR count). The van der Waals surface area contributed by atoms with E-state index >= 15 is 0 Å². The number of nitrogens with one attached hydrogen (secondary N) is 4. The number of hydrogen-bond donors (Lipinski definition) is 6. The molecule has 49 heavy (non-hydrogen) atoms. The summed E-state index contributed by atoms with van der Waals surface area (Å²) in [5, 5.41) is 9.71. The Hall–Kier alpha value is -5.54. The number of benzene rings is 1. The van der Waals surface area contributed by atoms with Crippen molar-refractivity contribution in [2.75, 3.05) is 41.2 Å². The molecule has 0 saturated heterocycles. The van der Waals surface area contributed by atoms with Crippen LogP contribution >= 0.6 is 11.6 Å². The summed E-state index contributed by atoms with van der Waals surface area (Å²) in [5.41, 5.74) is 18.4. The minimum absolute atomic E-state index is 0.0639. The summed E-state index contributed by atoms with van der Waals surface area (Å²) >= 11 is 5.93. The molecule has 0 aliphatic rings. The molecule has 0 bridgehead atoms. The van der Waals surface area contributed by atoms with Crippen molar-refractivity contribution in [2.45, 2.75) is 20.3 Å². The van der Waals surface area contributed by atoms with Crippen molar-refractivity contribution in [3.8, 4) is 0 Å². The highest BCUT2D eigenvalue weighted by Gasteiger charge is 2.23. The number of rotatable bonds is 14. The smallest absolute Gasteiger partial charge is 0.272 e. The van der Waals surface area contributed by atoms with Gasteiger partial charge in [-0.1, -0.05) is 13.0 Å². The summed E-state index contributed by atoms with van der Waals surface area (Å²) in [6, 6.07) is 10.3. The first-order chi connectivity index (χ1) is 23.3. The topological polar surface area (TPSA) is 199 Å². The molecule has 3 heterocycles. The van der Waals surface area contributed by atoms with E-state index in [0.717, 1.165) is 17.5 Å². The Kier molecular flexibility index (Phi) is 11.9. The van der Waals surface area contributed by atoms with E-state index in [1.54, 1.807) is 71.6 Å². The SMILES string of the molecule is CCc1ccc(C(=O)N(NCCCl)c2cc(C(=O)Nc3cc(C(=O)Nc4cc(C(=O)NCCN=C(N)N)n(C)c4)n(C)c3)n(C)c2)cc1C. The summed E-state index contributed by atoms with van der Waals surface area (Å²) < 4.78 is 4.77. The number of aromatic nitrogens is 3. The second-order valence-corrected chi connectivity index (χ2v) is 11.7. The number of alkyl halides is 1. The van der Waals surface area contributed by atoms with Crippen molar-refractivity contribution in [3.63, 3.8) is 0 Å². The number of nitrogens with zero attached hydrogens (tertiary/aromatic N) is 5. The van der Waals surface area contributed by atoms with Crippen molar-refractivity contribution in [3.05, 3.63) is 88.8 Å². The quantitative estimate of drug-likeness (QED) is 0.0384. The summed E-state index contributed by atoms with van der Waals surface area (Å²) in [6.45, 7) is 4.82. The molecule has 3 aromatic heterocycles. The third-order valence-electron chi connectivity index (χ3n) is 7.70. The van der Waals surface area contributed by atoms with Gasteiger partial charge >= 0.3 is 0 Å². The van der Waals surface area contributed by atoms with E-state index in [2.05, 4.69) is 33.3 Å². The molecule has 0 fully saturated rings. The fourth-order valence-corrected chi connectivity index (χ4v) is 5.32. The molecule has 15 nitrogen and oxygen atoms in total. The van der Waals surface area contributed by atoms with Crippen molar-refractivity contribution >= 4 is 58.3 Å². The molecule has 0 aliphatic carbocycles. The van der Waals surface area contributed by atoms with Gasteiger partial charge in [-0.2, -0.15) is 0 Å². The van der Waals surface area contributed by atoms with E-state index in [1.165, 1.54) is 11.1 Å². The molecule has 4 amide bonds. The van der Waals surface area contributed by atoms with Crippen molar-refractivity contribution in [1.82, 2.24) is 24.4 Å². The number of carbonyl (C=O) groups excluding carboxylic acids is 4. The number of hydrazine groups is 1. The van der Waals surface area contributed by atoms with Crippen LogP contribution in [-0.4, -0.2) is 68.8 Å². The van der Waals surface area contributed by atoms with Crippen LogP contribution in [0.15, 0.2) is 60.0 Å². The number of aliphatic imine (C=N–C) groups is 1. The molecule has 1 aromatic carbocycles. The van der Waals surface area contributed by atoms with Gasteiger partial charge < -0.3 is 41.1 Å². The van der Waals surface area contributed by atoms with Crippen LogP contribution in [0.1, 0.15) is 59.9 Å². The average molecular weight is 692 g/mol. The predicted octanol–water partition coefficient (Wildman–Crippen LogP) is 2.47. The van der Waals surface area contributed by atoms with E-state index < -0.39 is 11.8 Å². The highest BCUT2D eigenvalue weighted by molar-refractivity contribution is 6.18. The normalized spacial score (nSPS) is 10.8. The largest absolute Gasteiger partial charge is 0.370 e. The monoisotopic (exact) mass is 691 g/mol. The lowest BCUT2D eigenvalue weighted by Crippen LogP contribution is -2.44. The van der Waals surface area contributed by atoms with Gasteiger partial charge in [0.1, 0.15) is 17.1 Å². The number of anilines is 3. The third kappa shape index (κ3) is 8.88. The second-order valence-electron chi connectivity index (χ2n) is 11.3. The predicted molar refractivity (Wildman–Crippen MR) is 191 cm³/mol. The van der Waals surface area contributed by atoms with Crippen molar-refractivity contribution < 1.29 is 19.2 Å². The van der Waals surface area contributed by atoms with E-state index in [9.17, 15) is 19.2 Å². The Labute approximate surface area is 289 Å². The Morgan fingerprint density at radius 1 is 0.816 bits per heavy atom. The minimum Gasteiger partial charge on any atom is -0.370 e. The van der Waals surface area contributed by atoms with Gasteiger partial charge in [0.2, 0.25) is 0 Å². The van der Waals surface area contributed by atoms with Gasteiger partial charge in [-0.15, -0.1) is 11.6 Å². The first kappa shape index (κ1) is 36.3. The van der Waals surface area contributed by atoms with Gasteiger partial charge in [0.05, 0.1) is 23.6 Å². The van der Waals surface area contributed by atoms with Gasteiger partial charge in [0, 0.05) is 64.3 Å². The fourth-order valence-electron chi connectivity index (χ4n) is 5.24. The first-order valence-electron chi connectivity index (χ1n) is 15.5. The zero-order valence-electron chi connectivity index (χ0n) is 28.1. The number of hydrogen-bond acceptors (Lipinski definition) is 6. The molecule has 0 radical (unpaired) electrons. The zero-order chi connectivity index (χ0) is 35.8. The number of aryl methyl sites for hydroxylation is 5. The summed E-state index contributed by atoms with van der Waals surface area (Å²) in [5.74, 6) is -1.34. The van der Waals surface area contributed by atoms with Crippen LogP contribution in [0.5, 0.6) is 0 Å². The molecule has 0 aliphatic heterocycles. The Bertz CT molecular complexity index is 1880. The number of halogens is 1. The van der Waals surface area contributed by atoms with Crippen LogP contribution in [0.4, 0.5) is 17.1 Å². The van der Waals surface area contributed by atoms with E-state index in [1.807, 2.05) is 19.1 Å². The van der Waals surface area contributed by atoms with Gasteiger partial charge in [0.15, 0.2) is 5.96 Å². The Morgan fingerprint density at radius 2 is 1.39 bits per heavy atom. The van der Waals surface area contributed by atoms with Gasteiger partial charge in [-0.25, -0.2) is 10.4 Å². The van der Waals surface area contributed by atoms with Crippen LogP contribution in [-0.2, 0) is 27.6 Å². The summed E-state index contributed by atoms with van der Waals surface area (Å²) in [6.07, 6.45) is 5.75. The molecule has 0 spiro atoms. The lowest BCUT2D eigenvalue weighted by Gasteiger charge is -2.22. The Morgan fingerprint density at radius 3 is 1.94 bits per heavy atom. The number of guanidine groups is 1. The zero-order valence-corrected chi connectivity index (χ0v) is 28.9. The van der Waals surface area contributed by atoms with Crippen LogP contribution in [0.3, 0.4) is 0 Å². The summed E-state index contributed by atoms with van der Waals surface area (Å²) in [4.78, 5) is 56.6. The maximum atomic E-state index is 13.6. The van der Waals surface area contributed by atoms with Crippen LogP contribution in [0.25, 0.3) is 0 Å². The van der Waals surface area contributed by atoms with Gasteiger partial charge in [-0.3, -0.25) is 24.2 Å². The van der Waals surface area contributed by atoms with Crippen LogP contribution in [0, 0.1) is 6.92 Å². The number of nitrogens with two attached hydrogens (primary N) is 2. The fraction of sp³-hybridized carbons (Fsp3) is 0.303. The van der Waals surface area contributed by atoms with Crippen LogP contribution < -0.4 is 37.9 Å². The van der Waals surface area contributed by atoms with E-state index in [-0.39, 0.29) is 48.1 Å². The number of carbonyl (C=O) groups is 4. The minimum atomic E-state index is -0.448. The molecule has 0 unspecified atom stereocenters. The maximum Gasteiger partial charge on any atom is 0.272 e.